The van der Waals surface area contributed by atoms with Crippen LogP contribution in [0.25, 0.3) is 32.9 Å². The molecule has 13 heteroatoms. The third kappa shape index (κ3) is 5.30. The Kier molecular flexibility index (Phi) is 8.06. The van der Waals surface area contributed by atoms with E-state index >= 15 is 4.39 Å². The average Bonchev–Trinajstić information content (AvgIpc) is 3.59. The fraction of sp³-hybridized carbons (Fsp3) is 0.419. The molecule has 0 radical (unpaired) electrons. The molecule has 2 aliphatic heterocycles. The number of nitrogens with one attached hydrogen (secondary N) is 1. The molecule has 0 spiro atoms. The monoisotopic (exact) mass is 624 g/mol. The molecule has 6 rings (SSSR count). The van der Waals surface area contributed by atoms with Gasteiger partial charge in [0.05, 0.1) is 15.9 Å². The van der Waals surface area contributed by atoms with Gasteiger partial charge in [-0.2, -0.15) is 15.1 Å². The fourth-order valence-electron chi connectivity index (χ4n) is 6.34. The van der Waals surface area contributed by atoms with Crippen molar-refractivity contribution in [3.05, 3.63) is 47.3 Å². The average molecular weight is 625 g/mol. The van der Waals surface area contributed by atoms with Crippen LogP contribution in [0.2, 0.25) is 5.02 Å². The number of carbonyl (C=O) groups is 1. The SMILES string of the molecule is C=CC(=O)N1C[C@H](C)N(c2nc(OCCN3CC[C@@H](F)C3)nc3c(F)c(-c4c(C)ccc5[nH]nc(N)c45)c(Cl)cc23)C[C@H]1C. The van der Waals surface area contributed by atoms with Crippen molar-refractivity contribution < 1.29 is 18.3 Å². The second-order valence-electron chi connectivity index (χ2n) is 11.6. The molecule has 1 amide bonds. The summed E-state index contributed by atoms with van der Waals surface area (Å²) in [5, 5.41) is 8.15. The number of fused-ring (bicyclic) bond motifs is 2. The Hall–Kier alpha value is -4.03. The van der Waals surface area contributed by atoms with Gasteiger partial charge in [-0.15, -0.1) is 0 Å². The molecule has 0 aliphatic carbocycles. The first-order chi connectivity index (χ1) is 21.1. The van der Waals surface area contributed by atoms with Gasteiger partial charge in [-0.3, -0.25) is 14.8 Å². The topological polar surface area (TPSA) is 116 Å². The van der Waals surface area contributed by atoms with Crippen molar-refractivity contribution >= 4 is 50.9 Å². The van der Waals surface area contributed by atoms with Gasteiger partial charge in [0.2, 0.25) is 5.91 Å². The molecule has 0 bridgehead atoms. The van der Waals surface area contributed by atoms with Crippen molar-refractivity contribution in [2.75, 3.05) is 50.0 Å². The smallest absolute Gasteiger partial charge is 0.319 e. The number of aryl methyl sites for hydroxylation is 1. The molecule has 0 saturated carbocycles. The Morgan fingerprint density at radius 3 is 2.75 bits per heavy atom. The minimum Gasteiger partial charge on any atom is -0.462 e. The summed E-state index contributed by atoms with van der Waals surface area (Å²) in [6.07, 6.45) is 0.959. The molecular formula is C31H35ClF2N8O2. The maximum Gasteiger partial charge on any atom is 0.319 e. The summed E-state index contributed by atoms with van der Waals surface area (Å²) in [4.78, 5) is 27.6. The van der Waals surface area contributed by atoms with E-state index in [-0.39, 0.29) is 52.5 Å². The molecule has 4 aromatic rings. The Bertz CT molecular complexity index is 1760. The van der Waals surface area contributed by atoms with Crippen LogP contribution in [0.3, 0.4) is 0 Å². The minimum atomic E-state index is -0.844. The molecule has 3 atom stereocenters. The van der Waals surface area contributed by atoms with Crippen LogP contribution in [0.5, 0.6) is 6.01 Å². The predicted octanol–water partition coefficient (Wildman–Crippen LogP) is 4.89. The summed E-state index contributed by atoms with van der Waals surface area (Å²) in [6.45, 7) is 12.0. The largest absolute Gasteiger partial charge is 0.462 e. The Morgan fingerprint density at radius 2 is 2.02 bits per heavy atom. The van der Waals surface area contributed by atoms with Gasteiger partial charge in [-0.1, -0.05) is 24.2 Å². The number of halogens is 3. The van der Waals surface area contributed by atoms with E-state index in [4.69, 9.17) is 27.1 Å². The number of aromatic nitrogens is 4. The highest BCUT2D eigenvalue weighted by atomic mass is 35.5. The fourth-order valence-corrected chi connectivity index (χ4v) is 6.62. The number of anilines is 2. The predicted molar refractivity (Wildman–Crippen MR) is 168 cm³/mol. The van der Waals surface area contributed by atoms with Crippen LogP contribution in [0.15, 0.2) is 30.9 Å². The van der Waals surface area contributed by atoms with Gasteiger partial charge in [-0.05, 0) is 51.0 Å². The molecule has 2 aliphatic rings. The maximum absolute atomic E-state index is 16.9. The number of ether oxygens (including phenoxy) is 1. The van der Waals surface area contributed by atoms with E-state index in [0.717, 1.165) is 5.56 Å². The van der Waals surface area contributed by atoms with Crippen LogP contribution < -0.4 is 15.4 Å². The highest BCUT2D eigenvalue weighted by Crippen LogP contribution is 2.43. The molecule has 0 unspecified atom stereocenters. The Labute approximate surface area is 258 Å². The standard InChI is InChI=1S/C31H35ClF2N8O2/c1-5-23(43)41-13-18(4)42(14-17(41)3)30-20-12-21(32)25(24-16(2)6-7-22-26(24)29(35)39-38-22)27(34)28(20)36-31(37-30)44-11-10-40-9-8-19(33)15-40/h5-7,12,17-19H,1,8-11,13-15H2,2-4H3,(H3,35,38,39)/t17-,18+,19-/m1/s1. The molecule has 2 aromatic carbocycles. The van der Waals surface area contributed by atoms with Gasteiger partial charge in [0.15, 0.2) is 11.6 Å². The number of rotatable bonds is 7. The summed E-state index contributed by atoms with van der Waals surface area (Å²) >= 11 is 6.89. The Morgan fingerprint density at radius 1 is 1.23 bits per heavy atom. The van der Waals surface area contributed by atoms with Crippen molar-refractivity contribution in [2.45, 2.75) is 45.4 Å². The quantitative estimate of drug-likeness (QED) is 0.279. The van der Waals surface area contributed by atoms with E-state index in [1.54, 1.807) is 11.0 Å². The van der Waals surface area contributed by atoms with Gasteiger partial charge < -0.3 is 20.3 Å². The van der Waals surface area contributed by atoms with Crippen LogP contribution in [-0.2, 0) is 4.79 Å². The van der Waals surface area contributed by atoms with E-state index < -0.39 is 12.0 Å². The number of amides is 1. The summed E-state index contributed by atoms with van der Waals surface area (Å²) in [7, 11) is 0. The zero-order valence-electron chi connectivity index (χ0n) is 24.9. The zero-order chi connectivity index (χ0) is 31.3. The molecule has 4 heterocycles. The third-order valence-electron chi connectivity index (χ3n) is 8.63. The number of piperazine rings is 1. The first-order valence-electron chi connectivity index (χ1n) is 14.7. The number of alkyl halides is 1. The van der Waals surface area contributed by atoms with Crippen molar-refractivity contribution in [3.8, 4) is 17.1 Å². The van der Waals surface area contributed by atoms with E-state index in [2.05, 4.69) is 21.8 Å². The van der Waals surface area contributed by atoms with Gasteiger partial charge in [0, 0.05) is 61.3 Å². The van der Waals surface area contributed by atoms with E-state index in [9.17, 15) is 9.18 Å². The summed E-state index contributed by atoms with van der Waals surface area (Å²) in [6, 6.07) is 5.02. The van der Waals surface area contributed by atoms with Crippen molar-refractivity contribution in [1.82, 2.24) is 30.0 Å². The van der Waals surface area contributed by atoms with E-state index in [1.807, 2.05) is 42.7 Å². The van der Waals surface area contributed by atoms with Crippen LogP contribution in [0, 0.1) is 12.7 Å². The molecule has 3 N–H and O–H groups in total. The lowest BCUT2D eigenvalue weighted by Gasteiger charge is -2.44. The first-order valence-corrected chi connectivity index (χ1v) is 15.1. The number of nitrogens with two attached hydrogens (primary N) is 1. The number of benzene rings is 2. The van der Waals surface area contributed by atoms with Crippen LogP contribution in [0.4, 0.5) is 20.4 Å². The molecule has 2 aromatic heterocycles. The Balaban J connectivity index is 1.47. The van der Waals surface area contributed by atoms with Gasteiger partial charge in [0.25, 0.3) is 0 Å². The summed E-state index contributed by atoms with van der Waals surface area (Å²) < 4.78 is 36.5. The molecule has 2 saturated heterocycles. The number of aromatic amines is 1. The second-order valence-corrected chi connectivity index (χ2v) is 12.0. The molecule has 44 heavy (non-hydrogen) atoms. The van der Waals surface area contributed by atoms with E-state index in [1.165, 1.54) is 6.08 Å². The molecular weight excluding hydrogens is 590 g/mol. The number of nitrogens with zero attached hydrogens (tertiary/aromatic N) is 6. The summed E-state index contributed by atoms with van der Waals surface area (Å²) in [5.74, 6) is -0.114. The van der Waals surface area contributed by atoms with Crippen molar-refractivity contribution in [1.29, 1.82) is 0 Å². The highest BCUT2D eigenvalue weighted by Gasteiger charge is 2.34. The lowest BCUT2D eigenvalue weighted by molar-refractivity contribution is -0.128. The molecule has 10 nitrogen and oxygen atoms in total. The molecule has 232 valence electrons. The summed E-state index contributed by atoms with van der Waals surface area (Å²) in [5.41, 5.74) is 8.33. The lowest BCUT2D eigenvalue weighted by Crippen LogP contribution is -2.58. The van der Waals surface area contributed by atoms with Crippen molar-refractivity contribution in [3.63, 3.8) is 0 Å². The maximum atomic E-state index is 16.9. The van der Waals surface area contributed by atoms with Crippen LogP contribution in [0.1, 0.15) is 25.8 Å². The number of hydrogen-bond donors (Lipinski definition) is 2. The first kappa shape index (κ1) is 30.0. The van der Waals surface area contributed by atoms with Crippen LogP contribution >= 0.6 is 11.6 Å². The molecule has 2 fully saturated rings. The van der Waals surface area contributed by atoms with Gasteiger partial charge in [-0.25, -0.2) is 8.78 Å². The minimum absolute atomic E-state index is 0.00197. The highest BCUT2D eigenvalue weighted by molar-refractivity contribution is 6.35. The third-order valence-corrected chi connectivity index (χ3v) is 8.93. The lowest BCUT2D eigenvalue weighted by atomic mass is 9.94. The van der Waals surface area contributed by atoms with E-state index in [0.29, 0.717) is 66.8 Å². The van der Waals surface area contributed by atoms with Gasteiger partial charge >= 0.3 is 6.01 Å². The number of hydrogen-bond acceptors (Lipinski definition) is 8. The number of H-pyrrole nitrogens is 1. The van der Waals surface area contributed by atoms with Crippen molar-refractivity contribution in [2.24, 2.45) is 0 Å². The number of likely N-dealkylation sites (tertiary alicyclic amines) is 1. The van der Waals surface area contributed by atoms with Gasteiger partial charge in [0.1, 0.15) is 24.1 Å². The normalized spacial score (nSPS) is 21.0. The number of nitrogen functional groups attached to an aromatic ring is 1. The zero-order valence-corrected chi connectivity index (χ0v) is 25.7. The van der Waals surface area contributed by atoms with Crippen LogP contribution in [-0.4, -0.2) is 93.5 Å². The number of carbonyl (C=O) groups excluding carboxylic acids is 1. The second kappa shape index (κ2) is 11.8.